The summed E-state index contributed by atoms with van der Waals surface area (Å²) in [5.41, 5.74) is 0. The van der Waals surface area contributed by atoms with Crippen molar-refractivity contribution < 1.29 is 49.3 Å². The van der Waals surface area contributed by atoms with Crippen molar-refractivity contribution in [1.82, 2.24) is 5.32 Å². The Kier molecular flexibility index (Phi) is 50.1. The summed E-state index contributed by atoms with van der Waals surface area (Å²) >= 11 is 0. The van der Waals surface area contributed by atoms with E-state index in [9.17, 15) is 35.1 Å². The lowest BCUT2D eigenvalue weighted by molar-refractivity contribution is -0.302. The minimum atomic E-state index is -1.58. The molecule has 0 aromatic carbocycles. The van der Waals surface area contributed by atoms with Gasteiger partial charge in [-0.15, -0.1) is 0 Å². The number of esters is 1. The molecule has 1 heterocycles. The van der Waals surface area contributed by atoms with E-state index in [1.54, 1.807) is 6.08 Å². The molecule has 1 rings (SSSR count). The number of allylic oxidation sites excluding steroid dienone is 9. The van der Waals surface area contributed by atoms with Gasteiger partial charge in [0.15, 0.2) is 6.29 Å². The van der Waals surface area contributed by atoms with Crippen LogP contribution >= 0.6 is 0 Å². The Morgan fingerprint density at radius 3 is 1.45 bits per heavy atom. The number of carbonyl (C=O) groups excluding carboxylic acids is 2. The van der Waals surface area contributed by atoms with E-state index in [4.69, 9.17) is 14.2 Å². The molecule has 11 heteroatoms. The maximum Gasteiger partial charge on any atom is 0.305 e. The zero-order chi connectivity index (χ0) is 54.5. The van der Waals surface area contributed by atoms with Gasteiger partial charge in [-0.1, -0.05) is 235 Å². The Labute approximate surface area is 458 Å². The number of aliphatic hydroxyl groups excluding tert-OH is 5. The van der Waals surface area contributed by atoms with Crippen LogP contribution in [0.1, 0.15) is 271 Å². The smallest absolute Gasteiger partial charge is 0.305 e. The normalized spacial score (nSPS) is 19.2. The van der Waals surface area contributed by atoms with Crippen molar-refractivity contribution in [2.45, 2.75) is 314 Å². The minimum Gasteiger partial charge on any atom is -0.466 e. The summed E-state index contributed by atoms with van der Waals surface area (Å²) in [4.78, 5) is 25.0. The number of hydrogen-bond donors (Lipinski definition) is 6. The molecule has 6 N–H and O–H groups in total. The Morgan fingerprint density at radius 2 is 0.947 bits per heavy atom. The summed E-state index contributed by atoms with van der Waals surface area (Å²) in [6.45, 7) is 4.19. The van der Waals surface area contributed by atoms with Crippen molar-refractivity contribution >= 4 is 11.9 Å². The van der Waals surface area contributed by atoms with Crippen LogP contribution in [-0.2, 0) is 23.8 Å². The maximum absolute atomic E-state index is 13.0. The molecule has 7 unspecified atom stereocenters. The zero-order valence-corrected chi connectivity index (χ0v) is 48.0. The van der Waals surface area contributed by atoms with Gasteiger partial charge >= 0.3 is 5.97 Å². The third-order valence-electron chi connectivity index (χ3n) is 14.3. The summed E-state index contributed by atoms with van der Waals surface area (Å²) in [5, 5.41) is 54.2. The maximum atomic E-state index is 13.0. The third kappa shape index (κ3) is 43.0. The highest BCUT2D eigenvalue weighted by atomic mass is 16.7. The first-order valence-electron chi connectivity index (χ1n) is 31.1. The van der Waals surface area contributed by atoms with E-state index in [-0.39, 0.29) is 18.5 Å². The average Bonchev–Trinajstić information content (AvgIpc) is 3.41. The van der Waals surface area contributed by atoms with Crippen LogP contribution in [0.5, 0.6) is 0 Å². The molecule has 0 bridgehead atoms. The Bertz CT molecular complexity index is 1430. The standard InChI is InChI=1S/C64H115NO10/c1-3-5-7-9-11-13-15-32-36-40-44-48-52-60(69)73-53-49-45-41-37-33-30-28-26-24-22-20-18-16-17-19-21-23-25-27-29-31-35-39-43-47-51-59(68)65-56(55-74-64-63(72)62(71)61(70)58(54-66)75-64)57(67)50-46-42-38-34-14-12-10-8-6-4-2/h6,8,14,17-20,34,46,50,56-58,61-64,66-67,70-72H,3-5,7,9-13,15-16,21-33,35-45,47-49,51-55H2,1-2H3,(H,65,68)/b8-6+,19-17-,20-18-,34-14+,50-46+. The van der Waals surface area contributed by atoms with Gasteiger partial charge in [0, 0.05) is 12.8 Å². The average molecular weight is 1060 g/mol. The van der Waals surface area contributed by atoms with Crippen molar-refractivity contribution in [3.8, 4) is 0 Å². The number of nitrogens with one attached hydrogen (secondary N) is 1. The second-order valence-electron chi connectivity index (χ2n) is 21.4. The molecule has 1 aliphatic rings. The van der Waals surface area contributed by atoms with Gasteiger partial charge in [0.2, 0.25) is 5.91 Å². The topological polar surface area (TPSA) is 175 Å². The summed E-state index contributed by atoms with van der Waals surface area (Å²) < 4.78 is 16.7. The second kappa shape index (κ2) is 53.4. The van der Waals surface area contributed by atoms with Crippen LogP contribution in [0.15, 0.2) is 60.8 Å². The van der Waals surface area contributed by atoms with Crippen molar-refractivity contribution in [2.75, 3.05) is 19.8 Å². The molecule has 1 fully saturated rings. The summed E-state index contributed by atoms with van der Waals surface area (Å²) in [6, 6.07) is -0.839. The van der Waals surface area contributed by atoms with Gasteiger partial charge in [-0.05, 0) is 83.5 Å². The molecule has 75 heavy (non-hydrogen) atoms. The summed E-state index contributed by atoms with van der Waals surface area (Å²) in [5.74, 6) is -0.208. The van der Waals surface area contributed by atoms with Crippen molar-refractivity contribution in [3.63, 3.8) is 0 Å². The Morgan fingerprint density at radius 1 is 0.507 bits per heavy atom. The zero-order valence-electron chi connectivity index (χ0n) is 48.0. The first kappa shape index (κ1) is 70.4. The number of aliphatic hydroxyl groups is 5. The lowest BCUT2D eigenvalue weighted by Gasteiger charge is -2.40. The van der Waals surface area contributed by atoms with Crippen LogP contribution in [0.3, 0.4) is 0 Å². The van der Waals surface area contributed by atoms with Crippen molar-refractivity contribution in [1.29, 1.82) is 0 Å². The van der Waals surface area contributed by atoms with E-state index >= 15 is 0 Å². The number of hydrogen-bond acceptors (Lipinski definition) is 10. The first-order valence-corrected chi connectivity index (χ1v) is 31.1. The molecule has 1 aliphatic heterocycles. The monoisotopic (exact) mass is 1060 g/mol. The first-order chi connectivity index (χ1) is 36.7. The van der Waals surface area contributed by atoms with Gasteiger partial charge in [-0.3, -0.25) is 9.59 Å². The molecule has 0 aliphatic carbocycles. The molecule has 0 aromatic heterocycles. The van der Waals surface area contributed by atoms with E-state index in [0.29, 0.717) is 19.4 Å². The molecule has 1 amide bonds. The molecule has 0 aromatic rings. The summed E-state index contributed by atoms with van der Waals surface area (Å²) in [6.07, 6.45) is 59.2. The van der Waals surface area contributed by atoms with Gasteiger partial charge in [0.05, 0.1) is 32.0 Å². The summed E-state index contributed by atoms with van der Waals surface area (Å²) in [7, 11) is 0. The highest BCUT2D eigenvalue weighted by molar-refractivity contribution is 5.76. The fourth-order valence-corrected chi connectivity index (χ4v) is 9.45. The van der Waals surface area contributed by atoms with Gasteiger partial charge < -0.3 is 45.1 Å². The lowest BCUT2D eigenvalue weighted by Crippen LogP contribution is -2.60. The quantitative estimate of drug-likeness (QED) is 0.0195. The molecule has 436 valence electrons. The molecule has 0 saturated carbocycles. The Hall–Kier alpha value is -2.64. The molecule has 7 atom stereocenters. The predicted octanol–water partition coefficient (Wildman–Crippen LogP) is 14.6. The molecule has 11 nitrogen and oxygen atoms in total. The highest BCUT2D eigenvalue weighted by Gasteiger charge is 2.44. The Balaban J connectivity index is 2.03. The van der Waals surface area contributed by atoms with Gasteiger partial charge in [-0.2, -0.15) is 0 Å². The van der Waals surface area contributed by atoms with Crippen molar-refractivity contribution in [3.05, 3.63) is 60.8 Å². The largest absolute Gasteiger partial charge is 0.466 e. The van der Waals surface area contributed by atoms with Crippen LogP contribution < -0.4 is 5.32 Å². The van der Waals surface area contributed by atoms with E-state index in [1.807, 2.05) is 6.08 Å². The molecular weight excluding hydrogens is 943 g/mol. The predicted molar refractivity (Wildman–Crippen MR) is 310 cm³/mol. The van der Waals surface area contributed by atoms with Crippen LogP contribution in [0.25, 0.3) is 0 Å². The van der Waals surface area contributed by atoms with Crippen LogP contribution in [0, 0.1) is 0 Å². The molecule has 1 saturated heterocycles. The third-order valence-corrected chi connectivity index (χ3v) is 14.3. The van der Waals surface area contributed by atoms with Gasteiger partial charge in [0.25, 0.3) is 0 Å². The van der Waals surface area contributed by atoms with Gasteiger partial charge in [-0.25, -0.2) is 0 Å². The molecular formula is C64H115NO10. The van der Waals surface area contributed by atoms with Crippen molar-refractivity contribution in [2.24, 2.45) is 0 Å². The van der Waals surface area contributed by atoms with E-state index in [2.05, 4.69) is 67.8 Å². The van der Waals surface area contributed by atoms with E-state index in [0.717, 1.165) is 96.3 Å². The van der Waals surface area contributed by atoms with Crippen LogP contribution in [-0.4, -0.2) is 100 Å². The van der Waals surface area contributed by atoms with Gasteiger partial charge in [0.1, 0.15) is 24.4 Å². The van der Waals surface area contributed by atoms with Crippen LogP contribution in [0.4, 0.5) is 0 Å². The lowest BCUT2D eigenvalue weighted by atomic mass is 9.99. The number of ether oxygens (including phenoxy) is 3. The molecule has 0 spiro atoms. The van der Waals surface area contributed by atoms with E-state index < -0.39 is 49.5 Å². The number of unbranched alkanes of at least 4 members (excludes halogenated alkanes) is 31. The molecule has 0 radical (unpaired) electrons. The van der Waals surface area contributed by atoms with Crippen LogP contribution in [0.2, 0.25) is 0 Å². The van der Waals surface area contributed by atoms with E-state index in [1.165, 1.54) is 148 Å². The fourth-order valence-electron chi connectivity index (χ4n) is 9.45. The second-order valence-corrected chi connectivity index (χ2v) is 21.4. The fraction of sp³-hybridized carbons (Fsp3) is 0.812. The number of carbonyl (C=O) groups is 2. The number of amides is 1. The number of rotatable bonds is 53. The highest BCUT2D eigenvalue weighted by Crippen LogP contribution is 2.23. The SMILES string of the molecule is CC/C=C/CC/C=C/CC/C=C/C(O)C(COC1OC(CO)C(O)C(O)C1O)NC(=O)CCCCCCCCCCC/C=C\C/C=C\CCCCCCCCCCCOC(=O)CCCCCCCCCCCCCC. The minimum absolute atomic E-state index is 0.00224.